The summed E-state index contributed by atoms with van der Waals surface area (Å²) < 4.78 is 0. The molecule has 3 nitrogen and oxygen atoms in total. The predicted octanol–water partition coefficient (Wildman–Crippen LogP) is 2.14. The normalized spacial score (nSPS) is 14.3. The van der Waals surface area contributed by atoms with Crippen LogP contribution in [-0.2, 0) is 11.3 Å². The summed E-state index contributed by atoms with van der Waals surface area (Å²) in [5.74, 6) is 1.51. The van der Waals surface area contributed by atoms with Crippen molar-refractivity contribution in [3.63, 3.8) is 0 Å². The highest BCUT2D eigenvalue weighted by Crippen LogP contribution is 2.31. The van der Waals surface area contributed by atoms with Gasteiger partial charge in [0.25, 0.3) is 0 Å². The van der Waals surface area contributed by atoms with E-state index in [1.54, 1.807) is 11.8 Å². The minimum Gasteiger partial charge on any atom is -0.324 e. The van der Waals surface area contributed by atoms with Crippen molar-refractivity contribution < 1.29 is 4.79 Å². The molecule has 0 fully saturated rings. The van der Waals surface area contributed by atoms with Crippen LogP contribution in [0.25, 0.3) is 0 Å². The molecule has 1 aromatic carbocycles. The molecule has 0 spiro atoms. The monoisotopic (exact) mass is 268 g/mol. The molecular formula is C12H16N2OS2. The Hall–Kier alpha value is -0.650. The van der Waals surface area contributed by atoms with E-state index < -0.39 is 0 Å². The summed E-state index contributed by atoms with van der Waals surface area (Å²) in [6.45, 7) is 1.81. The molecule has 0 unspecified atom stereocenters. The van der Waals surface area contributed by atoms with Crippen molar-refractivity contribution in [1.82, 2.24) is 5.32 Å². The summed E-state index contributed by atoms with van der Waals surface area (Å²) in [7, 11) is 0. The number of rotatable bonds is 5. The number of hydrogen-bond donors (Lipinski definition) is 3. The molecule has 0 atom stereocenters. The highest BCUT2D eigenvalue weighted by atomic mass is 32.2. The molecule has 0 radical (unpaired) electrons. The van der Waals surface area contributed by atoms with Crippen molar-refractivity contribution in [2.75, 3.05) is 23.4 Å². The molecular weight excluding hydrogens is 252 g/mol. The van der Waals surface area contributed by atoms with Gasteiger partial charge in [-0.3, -0.25) is 4.79 Å². The second kappa shape index (κ2) is 6.33. The van der Waals surface area contributed by atoms with Crippen LogP contribution in [0, 0.1) is 0 Å². The van der Waals surface area contributed by atoms with E-state index in [1.165, 1.54) is 5.56 Å². The Bertz CT molecular complexity index is 409. The van der Waals surface area contributed by atoms with Crippen LogP contribution in [0.4, 0.5) is 5.69 Å². The van der Waals surface area contributed by atoms with Gasteiger partial charge >= 0.3 is 0 Å². The molecule has 2 N–H and O–H groups in total. The van der Waals surface area contributed by atoms with Crippen LogP contribution in [0.3, 0.4) is 0 Å². The number of amides is 1. The Balaban J connectivity index is 1.95. The van der Waals surface area contributed by atoms with Gasteiger partial charge in [0.2, 0.25) is 5.91 Å². The van der Waals surface area contributed by atoms with E-state index in [2.05, 4.69) is 35.4 Å². The fourth-order valence-corrected chi connectivity index (χ4v) is 2.62. The number of carbonyl (C=O) groups is 1. The average molecular weight is 268 g/mol. The van der Waals surface area contributed by atoms with Gasteiger partial charge in [-0.05, 0) is 36.4 Å². The molecule has 0 bridgehead atoms. The van der Waals surface area contributed by atoms with Crippen molar-refractivity contribution >= 4 is 36.0 Å². The van der Waals surface area contributed by atoms with Gasteiger partial charge in [-0.15, -0.1) is 11.8 Å². The van der Waals surface area contributed by atoms with Crippen molar-refractivity contribution in [2.45, 2.75) is 17.9 Å². The van der Waals surface area contributed by atoms with E-state index in [9.17, 15) is 4.79 Å². The van der Waals surface area contributed by atoms with E-state index in [-0.39, 0.29) is 5.91 Å². The van der Waals surface area contributed by atoms with Crippen LogP contribution in [-0.4, -0.2) is 24.0 Å². The SMILES string of the molecule is O=C1CSc2ccc(CNCCCS)cc2N1. The minimum atomic E-state index is 0.0858. The van der Waals surface area contributed by atoms with Gasteiger partial charge in [-0.2, -0.15) is 12.6 Å². The van der Waals surface area contributed by atoms with Crippen LogP contribution in [0.2, 0.25) is 0 Å². The smallest absolute Gasteiger partial charge is 0.234 e. The number of carbonyl (C=O) groups excluding carboxylic acids is 1. The lowest BCUT2D eigenvalue weighted by Crippen LogP contribution is -2.19. The summed E-state index contributed by atoms with van der Waals surface area (Å²) in [4.78, 5) is 12.4. The third-order valence-corrected chi connectivity index (χ3v) is 3.91. The quantitative estimate of drug-likeness (QED) is 0.566. The average Bonchev–Trinajstić information content (AvgIpc) is 2.34. The molecule has 1 heterocycles. The molecule has 0 saturated heterocycles. The van der Waals surface area contributed by atoms with Crippen LogP contribution in [0.15, 0.2) is 23.1 Å². The first-order valence-corrected chi connectivity index (χ1v) is 7.28. The first-order chi connectivity index (χ1) is 8.29. The van der Waals surface area contributed by atoms with Gasteiger partial charge in [-0.25, -0.2) is 0 Å². The van der Waals surface area contributed by atoms with E-state index >= 15 is 0 Å². The van der Waals surface area contributed by atoms with Gasteiger partial charge in [0.1, 0.15) is 0 Å². The summed E-state index contributed by atoms with van der Waals surface area (Å²) in [5, 5.41) is 6.25. The predicted molar refractivity (Wildman–Crippen MR) is 76.0 cm³/mol. The first kappa shape index (κ1) is 12.8. The zero-order chi connectivity index (χ0) is 12.1. The molecule has 0 saturated carbocycles. The molecule has 1 aliphatic heterocycles. The lowest BCUT2D eigenvalue weighted by Gasteiger charge is -2.17. The number of benzene rings is 1. The van der Waals surface area contributed by atoms with Gasteiger partial charge < -0.3 is 10.6 Å². The Morgan fingerprint density at radius 1 is 1.47 bits per heavy atom. The maximum atomic E-state index is 11.3. The molecule has 0 aliphatic carbocycles. The highest BCUT2D eigenvalue weighted by Gasteiger charge is 2.14. The Kier molecular flexibility index (Phi) is 4.76. The standard InChI is InChI=1S/C12H16N2OS2/c15-12-8-17-11-3-2-9(6-10(11)14-12)7-13-4-1-5-16/h2-3,6,13,16H,1,4-5,7-8H2,(H,14,15). The zero-order valence-corrected chi connectivity index (χ0v) is 11.2. The molecule has 0 aromatic heterocycles. The first-order valence-electron chi connectivity index (χ1n) is 5.67. The molecule has 2 rings (SSSR count). The lowest BCUT2D eigenvalue weighted by molar-refractivity contribution is -0.113. The number of thioether (sulfide) groups is 1. The van der Waals surface area contributed by atoms with Gasteiger partial charge in [0, 0.05) is 11.4 Å². The van der Waals surface area contributed by atoms with Crippen molar-refractivity contribution in [2.24, 2.45) is 0 Å². The molecule has 1 amide bonds. The van der Waals surface area contributed by atoms with Crippen molar-refractivity contribution in [1.29, 1.82) is 0 Å². The number of thiol groups is 1. The fourth-order valence-electron chi connectivity index (χ4n) is 1.68. The van der Waals surface area contributed by atoms with E-state index in [1.807, 2.05) is 6.07 Å². The largest absolute Gasteiger partial charge is 0.324 e. The second-order valence-corrected chi connectivity index (χ2v) is 5.39. The van der Waals surface area contributed by atoms with E-state index in [0.29, 0.717) is 5.75 Å². The van der Waals surface area contributed by atoms with Crippen LogP contribution >= 0.6 is 24.4 Å². The summed E-state index contributed by atoms with van der Waals surface area (Å²) in [5.41, 5.74) is 2.14. The van der Waals surface area contributed by atoms with E-state index in [0.717, 1.165) is 35.8 Å². The maximum Gasteiger partial charge on any atom is 0.234 e. The molecule has 92 valence electrons. The van der Waals surface area contributed by atoms with Gasteiger partial charge in [0.05, 0.1) is 11.4 Å². The number of hydrogen-bond acceptors (Lipinski definition) is 4. The fraction of sp³-hybridized carbons (Fsp3) is 0.417. The van der Waals surface area contributed by atoms with Gasteiger partial charge in [0.15, 0.2) is 0 Å². The summed E-state index contributed by atoms with van der Waals surface area (Å²) in [6.07, 6.45) is 1.07. The second-order valence-electron chi connectivity index (χ2n) is 3.92. The Morgan fingerprint density at radius 3 is 3.18 bits per heavy atom. The topological polar surface area (TPSA) is 41.1 Å². The number of fused-ring (bicyclic) bond motifs is 1. The molecule has 17 heavy (non-hydrogen) atoms. The zero-order valence-electron chi connectivity index (χ0n) is 9.53. The van der Waals surface area contributed by atoms with Crippen LogP contribution in [0.5, 0.6) is 0 Å². The lowest BCUT2D eigenvalue weighted by atomic mass is 10.2. The summed E-state index contributed by atoms with van der Waals surface area (Å²) >= 11 is 5.76. The van der Waals surface area contributed by atoms with Crippen molar-refractivity contribution in [3.8, 4) is 0 Å². The Labute approximate surface area is 111 Å². The van der Waals surface area contributed by atoms with Gasteiger partial charge in [-0.1, -0.05) is 6.07 Å². The molecule has 5 heteroatoms. The van der Waals surface area contributed by atoms with E-state index in [4.69, 9.17) is 0 Å². The maximum absolute atomic E-state index is 11.3. The molecule has 1 aliphatic rings. The van der Waals surface area contributed by atoms with Crippen molar-refractivity contribution in [3.05, 3.63) is 23.8 Å². The number of nitrogens with one attached hydrogen (secondary N) is 2. The van der Waals surface area contributed by atoms with Crippen LogP contribution < -0.4 is 10.6 Å². The molecule has 1 aromatic rings. The number of anilines is 1. The Morgan fingerprint density at radius 2 is 2.35 bits per heavy atom. The minimum absolute atomic E-state index is 0.0858. The third kappa shape index (κ3) is 3.66. The highest BCUT2D eigenvalue weighted by molar-refractivity contribution is 8.00. The third-order valence-electron chi connectivity index (χ3n) is 2.52. The summed E-state index contributed by atoms with van der Waals surface area (Å²) in [6, 6.07) is 6.24. The van der Waals surface area contributed by atoms with Crippen LogP contribution in [0.1, 0.15) is 12.0 Å².